The summed E-state index contributed by atoms with van der Waals surface area (Å²) in [6.07, 6.45) is 11.4. The van der Waals surface area contributed by atoms with E-state index in [4.69, 9.17) is 0 Å². The topological polar surface area (TPSA) is 15.3 Å². The van der Waals surface area contributed by atoms with Gasteiger partial charge in [-0.05, 0) is 58.3 Å². The third kappa shape index (κ3) is 5.03. The van der Waals surface area contributed by atoms with Gasteiger partial charge >= 0.3 is 0 Å². The molecule has 0 spiro atoms. The van der Waals surface area contributed by atoms with Crippen LogP contribution in [0.15, 0.2) is 0 Å². The van der Waals surface area contributed by atoms with Crippen LogP contribution in [0.4, 0.5) is 0 Å². The Hall–Kier alpha value is 0.210. The first kappa shape index (κ1) is 14.3. The third-order valence-electron chi connectivity index (χ3n) is 3.90. The molecule has 0 bridgehead atoms. The van der Waals surface area contributed by atoms with Gasteiger partial charge in [-0.1, -0.05) is 19.3 Å². The van der Waals surface area contributed by atoms with Crippen LogP contribution in [0.25, 0.3) is 0 Å². The van der Waals surface area contributed by atoms with E-state index in [9.17, 15) is 0 Å². The highest BCUT2D eigenvalue weighted by Gasteiger charge is 2.14. The van der Waals surface area contributed by atoms with Crippen LogP contribution in [0.1, 0.15) is 51.4 Å². The van der Waals surface area contributed by atoms with Crippen LogP contribution in [0, 0.1) is 0 Å². The normalized spacial score (nSPS) is 28.1. The van der Waals surface area contributed by atoms with E-state index < -0.39 is 0 Å². The Morgan fingerprint density at radius 3 is 2.31 bits per heavy atom. The van der Waals surface area contributed by atoms with Gasteiger partial charge in [0.2, 0.25) is 0 Å². The van der Waals surface area contributed by atoms with E-state index in [-0.39, 0.29) is 12.4 Å². The molecule has 2 nitrogen and oxygen atoms in total. The van der Waals surface area contributed by atoms with Crippen molar-refractivity contribution in [3.63, 3.8) is 0 Å². The molecule has 2 saturated heterocycles. The molecule has 0 aromatic rings. The van der Waals surface area contributed by atoms with Crippen molar-refractivity contribution >= 4 is 12.4 Å². The zero-order chi connectivity index (χ0) is 10.3. The van der Waals surface area contributed by atoms with E-state index >= 15 is 0 Å². The van der Waals surface area contributed by atoms with Crippen LogP contribution in [0.2, 0.25) is 0 Å². The fourth-order valence-electron chi connectivity index (χ4n) is 2.87. The van der Waals surface area contributed by atoms with E-state index in [2.05, 4.69) is 10.2 Å². The van der Waals surface area contributed by atoms with E-state index in [1.807, 2.05) is 0 Å². The average molecular weight is 247 g/mol. The second-order valence-electron chi connectivity index (χ2n) is 5.19. The van der Waals surface area contributed by atoms with Crippen molar-refractivity contribution < 1.29 is 0 Å². The van der Waals surface area contributed by atoms with Crippen LogP contribution in [-0.2, 0) is 0 Å². The number of nitrogens with zero attached hydrogens (tertiary/aromatic N) is 1. The molecule has 0 aliphatic carbocycles. The molecule has 2 aliphatic rings. The maximum Gasteiger partial charge on any atom is 0.00792 e. The molecule has 0 aromatic heterocycles. The van der Waals surface area contributed by atoms with Crippen molar-refractivity contribution in [3.8, 4) is 0 Å². The van der Waals surface area contributed by atoms with E-state index in [0.29, 0.717) is 0 Å². The summed E-state index contributed by atoms with van der Waals surface area (Å²) in [6.45, 7) is 5.29. The van der Waals surface area contributed by atoms with Gasteiger partial charge in [-0.3, -0.25) is 0 Å². The number of halogens is 1. The van der Waals surface area contributed by atoms with Crippen LogP contribution >= 0.6 is 12.4 Å². The Morgan fingerprint density at radius 1 is 0.938 bits per heavy atom. The Bertz CT molecular complexity index is 161. The molecule has 1 N–H and O–H groups in total. The molecule has 0 saturated carbocycles. The highest BCUT2D eigenvalue weighted by atomic mass is 35.5. The second kappa shape index (κ2) is 8.32. The van der Waals surface area contributed by atoms with Crippen molar-refractivity contribution in [1.29, 1.82) is 0 Å². The summed E-state index contributed by atoms with van der Waals surface area (Å²) in [5.74, 6) is 0. The zero-order valence-corrected chi connectivity index (χ0v) is 11.2. The van der Waals surface area contributed by atoms with E-state index in [0.717, 1.165) is 6.04 Å². The van der Waals surface area contributed by atoms with Crippen molar-refractivity contribution in [1.82, 2.24) is 10.2 Å². The molecule has 1 unspecified atom stereocenters. The van der Waals surface area contributed by atoms with Crippen molar-refractivity contribution in [2.24, 2.45) is 0 Å². The van der Waals surface area contributed by atoms with Gasteiger partial charge in [0, 0.05) is 6.04 Å². The number of rotatable bonds is 3. The number of hydrogen-bond donors (Lipinski definition) is 1. The minimum atomic E-state index is 0. The maximum atomic E-state index is 3.65. The molecule has 16 heavy (non-hydrogen) atoms. The Kier molecular flexibility index (Phi) is 7.42. The fraction of sp³-hybridized carbons (Fsp3) is 1.00. The van der Waals surface area contributed by atoms with Crippen molar-refractivity contribution in [3.05, 3.63) is 0 Å². The molecule has 3 heteroatoms. The lowest BCUT2D eigenvalue weighted by molar-refractivity contribution is 0.254. The maximum absolute atomic E-state index is 3.65. The Morgan fingerprint density at radius 2 is 1.69 bits per heavy atom. The molecule has 2 heterocycles. The molecule has 2 aliphatic heterocycles. The number of hydrogen-bond acceptors (Lipinski definition) is 2. The summed E-state index contributed by atoms with van der Waals surface area (Å²) < 4.78 is 0. The standard InChI is InChI=1S/C13H26N2.ClH/c1-2-6-11-15(10-5-1)12-8-13-7-3-4-9-14-13;/h13-14H,1-12H2;1H. The highest BCUT2D eigenvalue weighted by molar-refractivity contribution is 5.85. The minimum absolute atomic E-state index is 0. The molecule has 1 atom stereocenters. The molecule has 2 fully saturated rings. The summed E-state index contributed by atoms with van der Waals surface area (Å²) in [7, 11) is 0. The number of piperidine rings is 1. The summed E-state index contributed by atoms with van der Waals surface area (Å²) in [4.78, 5) is 2.68. The van der Waals surface area contributed by atoms with Crippen molar-refractivity contribution in [2.45, 2.75) is 57.4 Å². The zero-order valence-electron chi connectivity index (χ0n) is 10.4. The molecular formula is C13H27ClN2. The van der Waals surface area contributed by atoms with Gasteiger partial charge in [-0.25, -0.2) is 0 Å². The lowest BCUT2D eigenvalue weighted by Crippen LogP contribution is -2.37. The van der Waals surface area contributed by atoms with Crippen LogP contribution < -0.4 is 5.32 Å². The summed E-state index contributed by atoms with van der Waals surface area (Å²) in [6, 6.07) is 0.821. The summed E-state index contributed by atoms with van der Waals surface area (Å²) in [5, 5.41) is 3.65. The monoisotopic (exact) mass is 246 g/mol. The largest absolute Gasteiger partial charge is 0.314 e. The summed E-state index contributed by atoms with van der Waals surface area (Å²) in [5.41, 5.74) is 0. The van der Waals surface area contributed by atoms with Gasteiger partial charge in [0.25, 0.3) is 0 Å². The molecule has 2 rings (SSSR count). The van der Waals surface area contributed by atoms with Gasteiger partial charge in [-0.15, -0.1) is 12.4 Å². The SMILES string of the molecule is C1CCCN(CCC2CCCCN2)CC1.Cl. The quantitative estimate of drug-likeness (QED) is 0.824. The van der Waals surface area contributed by atoms with E-state index in [1.165, 1.54) is 77.5 Å². The third-order valence-corrected chi connectivity index (χ3v) is 3.90. The van der Waals surface area contributed by atoms with Gasteiger partial charge in [0.05, 0.1) is 0 Å². The first-order chi connectivity index (χ1) is 7.45. The van der Waals surface area contributed by atoms with Gasteiger partial charge < -0.3 is 10.2 Å². The lowest BCUT2D eigenvalue weighted by Gasteiger charge is -2.27. The van der Waals surface area contributed by atoms with Crippen LogP contribution in [0.5, 0.6) is 0 Å². The van der Waals surface area contributed by atoms with Crippen LogP contribution in [-0.4, -0.2) is 37.1 Å². The smallest absolute Gasteiger partial charge is 0.00792 e. The van der Waals surface area contributed by atoms with Gasteiger partial charge in [0.1, 0.15) is 0 Å². The van der Waals surface area contributed by atoms with Crippen LogP contribution in [0.3, 0.4) is 0 Å². The predicted molar refractivity (Wildman–Crippen MR) is 72.4 cm³/mol. The Labute approximate surface area is 107 Å². The number of nitrogens with one attached hydrogen (secondary N) is 1. The summed E-state index contributed by atoms with van der Waals surface area (Å²) >= 11 is 0. The average Bonchev–Trinajstić information content (AvgIpc) is 2.56. The molecular weight excluding hydrogens is 220 g/mol. The predicted octanol–water partition coefficient (Wildman–Crippen LogP) is 2.82. The van der Waals surface area contributed by atoms with Gasteiger partial charge in [0.15, 0.2) is 0 Å². The fourth-order valence-corrected chi connectivity index (χ4v) is 2.87. The molecule has 0 aromatic carbocycles. The van der Waals surface area contributed by atoms with Gasteiger partial charge in [-0.2, -0.15) is 0 Å². The highest BCUT2D eigenvalue weighted by Crippen LogP contribution is 2.13. The van der Waals surface area contributed by atoms with E-state index in [1.54, 1.807) is 0 Å². The molecule has 0 radical (unpaired) electrons. The second-order valence-corrected chi connectivity index (χ2v) is 5.19. The lowest BCUT2D eigenvalue weighted by atomic mass is 10.0. The minimum Gasteiger partial charge on any atom is -0.314 e. The first-order valence-electron chi connectivity index (χ1n) is 6.91. The molecule has 0 amide bonds. The first-order valence-corrected chi connectivity index (χ1v) is 6.91. The molecule has 96 valence electrons. The Balaban J connectivity index is 0.00000128. The van der Waals surface area contributed by atoms with Crippen molar-refractivity contribution in [2.75, 3.05) is 26.2 Å². The number of likely N-dealkylation sites (tertiary alicyclic amines) is 1.